The Kier molecular flexibility index (Phi) is 5.15. The molecule has 5 heteroatoms. The van der Waals surface area contributed by atoms with Gasteiger partial charge in [0.2, 0.25) is 0 Å². The SMILES string of the molecule is CCC[C@H](C(=O)O)N(C)c1ncc(C)c(OC)c1C. The fourth-order valence-electron chi connectivity index (χ4n) is 2.28. The predicted molar refractivity (Wildman–Crippen MR) is 75.0 cm³/mol. The van der Waals surface area contributed by atoms with Crippen LogP contribution in [0, 0.1) is 13.8 Å². The van der Waals surface area contributed by atoms with Crippen molar-refractivity contribution in [2.75, 3.05) is 19.1 Å². The molecule has 5 nitrogen and oxygen atoms in total. The second kappa shape index (κ2) is 6.41. The Labute approximate surface area is 114 Å². The minimum absolute atomic E-state index is 0.566. The number of nitrogens with zero attached hydrogens (tertiary/aromatic N) is 2. The van der Waals surface area contributed by atoms with Crippen LogP contribution in [0.5, 0.6) is 5.75 Å². The fourth-order valence-corrected chi connectivity index (χ4v) is 2.28. The summed E-state index contributed by atoms with van der Waals surface area (Å²) in [6.45, 7) is 5.79. The Bertz CT molecular complexity index is 460. The number of likely N-dealkylation sites (N-methyl/N-ethyl adjacent to an activating group) is 1. The van der Waals surface area contributed by atoms with Crippen LogP contribution < -0.4 is 9.64 Å². The second-order valence-electron chi connectivity index (χ2n) is 4.68. The van der Waals surface area contributed by atoms with E-state index in [1.165, 1.54) is 0 Å². The van der Waals surface area contributed by atoms with Crippen LogP contribution in [0.4, 0.5) is 5.82 Å². The van der Waals surface area contributed by atoms with Crippen LogP contribution in [0.15, 0.2) is 6.20 Å². The molecule has 1 aromatic heterocycles. The molecule has 0 bridgehead atoms. The third kappa shape index (κ3) is 3.16. The van der Waals surface area contributed by atoms with Crippen molar-refractivity contribution in [1.82, 2.24) is 4.98 Å². The number of anilines is 1. The number of hydrogen-bond donors (Lipinski definition) is 1. The van der Waals surface area contributed by atoms with Crippen molar-refractivity contribution in [1.29, 1.82) is 0 Å². The number of carbonyl (C=O) groups is 1. The number of methoxy groups -OCH3 is 1. The molecule has 1 heterocycles. The number of aryl methyl sites for hydroxylation is 1. The lowest BCUT2D eigenvalue weighted by Gasteiger charge is -2.27. The molecule has 0 aliphatic heterocycles. The van der Waals surface area contributed by atoms with E-state index in [1.54, 1.807) is 25.3 Å². The van der Waals surface area contributed by atoms with Gasteiger partial charge in [0.05, 0.1) is 7.11 Å². The molecule has 0 aromatic carbocycles. The highest BCUT2D eigenvalue weighted by Gasteiger charge is 2.25. The maximum Gasteiger partial charge on any atom is 0.326 e. The van der Waals surface area contributed by atoms with E-state index in [-0.39, 0.29) is 0 Å². The Balaban J connectivity index is 3.18. The zero-order valence-electron chi connectivity index (χ0n) is 12.2. The molecule has 0 saturated heterocycles. The summed E-state index contributed by atoms with van der Waals surface area (Å²) in [5.74, 6) is 0.589. The molecule has 1 atom stereocenters. The maximum atomic E-state index is 11.3. The molecule has 0 aliphatic carbocycles. The molecule has 1 N–H and O–H groups in total. The van der Waals surface area contributed by atoms with Gasteiger partial charge in [-0.15, -0.1) is 0 Å². The van der Waals surface area contributed by atoms with Crippen molar-refractivity contribution < 1.29 is 14.6 Å². The first kappa shape index (κ1) is 15.3. The van der Waals surface area contributed by atoms with Gasteiger partial charge in [-0.3, -0.25) is 0 Å². The van der Waals surface area contributed by atoms with Crippen LogP contribution in [0.2, 0.25) is 0 Å². The topological polar surface area (TPSA) is 62.7 Å². The van der Waals surface area contributed by atoms with Gasteiger partial charge in [-0.2, -0.15) is 0 Å². The molecule has 0 radical (unpaired) electrons. The first-order valence-electron chi connectivity index (χ1n) is 6.39. The van der Waals surface area contributed by atoms with Crippen LogP contribution >= 0.6 is 0 Å². The molecule has 0 unspecified atom stereocenters. The standard InChI is InChI=1S/C14H22N2O3/c1-6-7-11(14(17)18)16(4)13-10(3)12(19-5)9(2)8-15-13/h8,11H,6-7H2,1-5H3,(H,17,18)/t11-/m1/s1. The van der Waals surface area contributed by atoms with Crippen molar-refractivity contribution >= 4 is 11.8 Å². The van der Waals surface area contributed by atoms with E-state index < -0.39 is 12.0 Å². The van der Waals surface area contributed by atoms with Gasteiger partial charge >= 0.3 is 5.97 Å². The summed E-state index contributed by atoms with van der Waals surface area (Å²) in [7, 11) is 3.37. The lowest BCUT2D eigenvalue weighted by molar-refractivity contribution is -0.138. The minimum Gasteiger partial charge on any atom is -0.496 e. The van der Waals surface area contributed by atoms with Crippen LogP contribution in [-0.4, -0.2) is 36.3 Å². The van der Waals surface area contributed by atoms with E-state index >= 15 is 0 Å². The van der Waals surface area contributed by atoms with E-state index in [0.29, 0.717) is 12.2 Å². The van der Waals surface area contributed by atoms with E-state index in [9.17, 15) is 9.90 Å². The van der Waals surface area contributed by atoms with Crippen molar-refractivity contribution in [2.24, 2.45) is 0 Å². The van der Waals surface area contributed by atoms with E-state index in [2.05, 4.69) is 4.98 Å². The third-order valence-corrected chi connectivity index (χ3v) is 3.27. The monoisotopic (exact) mass is 266 g/mol. The lowest BCUT2D eigenvalue weighted by atomic mass is 10.1. The number of rotatable bonds is 6. The highest BCUT2D eigenvalue weighted by Crippen LogP contribution is 2.30. The largest absolute Gasteiger partial charge is 0.496 e. The highest BCUT2D eigenvalue weighted by molar-refractivity contribution is 5.78. The molecule has 0 saturated carbocycles. The predicted octanol–water partition coefficient (Wildman–Crippen LogP) is 2.40. The van der Waals surface area contributed by atoms with Gasteiger partial charge in [-0.05, 0) is 20.3 Å². The summed E-state index contributed by atoms with van der Waals surface area (Å²) >= 11 is 0. The maximum absolute atomic E-state index is 11.3. The summed E-state index contributed by atoms with van der Waals surface area (Å²) < 4.78 is 5.35. The van der Waals surface area contributed by atoms with Gasteiger partial charge in [0.1, 0.15) is 17.6 Å². The summed E-state index contributed by atoms with van der Waals surface area (Å²) in [5, 5.41) is 9.31. The Morgan fingerprint density at radius 2 is 2.16 bits per heavy atom. The van der Waals surface area contributed by atoms with E-state index in [0.717, 1.165) is 23.3 Å². The molecule has 0 amide bonds. The van der Waals surface area contributed by atoms with Gasteiger partial charge in [-0.1, -0.05) is 13.3 Å². The summed E-state index contributed by atoms with van der Waals surface area (Å²) in [4.78, 5) is 17.4. The van der Waals surface area contributed by atoms with Gasteiger partial charge in [0.15, 0.2) is 0 Å². The van der Waals surface area contributed by atoms with E-state index in [4.69, 9.17) is 4.74 Å². The van der Waals surface area contributed by atoms with Crippen LogP contribution in [0.1, 0.15) is 30.9 Å². The van der Waals surface area contributed by atoms with E-state index in [1.807, 2.05) is 20.8 Å². The molecule has 0 fully saturated rings. The average molecular weight is 266 g/mol. The van der Waals surface area contributed by atoms with Crippen molar-refractivity contribution in [2.45, 2.75) is 39.7 Å². The number of aromatic nitrogens is 1. The summed E-state index contributed by atoms with van der Waals surface area (Å²) in [5.41, 5.74) is 1.81. The molecular weight excluding hydrogens is 244 g/mol. The van der Waals surface area contributed by atoms with Crippen LogP contribution in [-0.2, 0) is 4.79 Å². The van der Waals surface area contributed by atoms with Gasteiger partial charge in [0, 0.05) is 24.4 Å². The molecule has 0 spiro atoms. The molecule has 0 aliphatic rings. The third-order valence-electron chi connectivity index (χ3n) is 3.27. The van der Waals surface area contributed by atoms with Crippen LogP contribution in [0.3, 0.4) is 0 Å². The van der Waals surface area contributed by atoms with Crippen molar-refractivity contribution in [3.63, 3.8) is 0 Å². The van der Waals surface area contributed by atoms with Gasteiger partial charge in [-0.25, -0.2) is 9.78 Å². The molecular formula is C14H22N2O3. The number of hydrogen-bond acceptors (Lipinski definition) is 4. The van der Waals surface area contributed by atoms with Crippen molar-refractivity contribution in [3.8, 4) is 5.75 Å². The van der Waals surface area contributed by atoms with Crippen molar-refractivity contribution in [3.05, 3.63) is 17.3 Å². The summed E-state index contributed by atoms with van der Waals surface area (Å²) in [6, 6.07) is -0.566. The number of aliphatic carboxylic acids is 1. The van der Waals surface area contributed by atoms with Crippen LogP contribution in [0.25, 0.3) is 0 Å². The Hall–Kier alpha value is -1.78. The minimum atomic E-state index is -0.829. The highest BCUT2D eigenvalue weighted by atomic mass is 16.5. The first-order valence-corrected chi connectivity index (χ1v) is 6.39. The molecule has 1 rings (SSSR count). The second-order valence-corrected chi connectivity index (χ2v) is 4.68. The zero-order chi connectivity index (χ0) is 14.6. The molecule has 19 heavy (non-hydrogen) atoms. The Morgan fingerprint density at radius 1 is 1.53 bits per heavy atom. The van der Waals surface area contributed by atoms with Gasteiger partial charge < -0.3 is 14.7 Å². The van der Waals surface area contributed by atoms with Gasteiger partial charge in [0.25, 0.3) is 0 Å². The molecule has 106 valence electrons. The fraction of sp³-hybridized carbons (Fsp3) is 0.571. The summed E-state index contributed by atoms with van der Waals surface area (Å²) in [6.07, 6.45) is 3.11. The quantitative estimate of drug-likeness (QED) is 0.856. The lowest BCUT2D eigenvalue weighted by Crippen LogP contribution is -2.39. The zero-order valence-corrected chi connectivity index (χ0v) is 12.2. The number of pyridine rings is 1. The first-order chi connectivity index (χ1) is 8.93. The Morgan fingerprint density at radius 3 is 2.63 bits per heavy atom. The number of ether oxygens (including phenoxy) is 1. The smallest absolute Gasteiger partial charge is 0.326 e. The normalized spacial score (nSPS) is 12.1. The number of carboxylic acids is 1. The molecule has 1 aromatic rings. The average Bonchev–Trinajstić information content (AvgIpc) is 2.35. The number of carboxylic acid groups (broad SMARTS) is 1.